The summed E-state index contributed by atoms with van der Waals surface area (Å²) in [6, 6.07) is 8.03. The molecule has 2 fully saturated rings. The van der Waals surface area contributed by atoms with Crippen LogP contribution in [-0.4, -0.2) is 48.2 Å². The third kappa shape index (κ3) is 2.80. The topological polar surface area (TPSA) is 43.8 Å². The van der Waals surface area contributed by atoms with Crippen LogP contribution in [0.25, 0.3) is 0 Å². The van der Waals surface area contributed by atoms with Crippen LogP contribution in [-0.2, 0) is 11.2 Å². The molecule has 0 atom stereocenters. The second-order valence-electron chi connectivity index (χ2n) is 5.85. The lowest BCUT2D eigenvalue weighted by Gasteiger charge is -2.32. The maximum atomic E-state index is 12.0. The number of carbonyl (C=O) groups excluding carboxylic acids is 1. The molecule has 1 aliphatic carbocycles. The van der Waals surface area contributed by atoms with Crippen LogP contribution < -0.4 is 4.90 Å². The highest BCUT2D eigenvalue weighted by molar-refractivity contribution is 5.95. The largest absolute Gasteiger partial charge is 0.390 e. The van der Waals surface area contributed by atoms with Crippen LogP contribution in [0.5, 0.6) is 0 Å². The van der Waals surface area contributed by atoms with Gasteiger partial charge in [-0.2, -0.15) is 0 Å². The SMILES string of the molecule is CN1CCN(c2ccc(CC3(O)CC3)cc2)C(=O)C1. The Balaban J connectivity index is 1.70. The van der Waals surface area contributed by atoms with Gasteiger partial charge in [-0.15, -0.1) is 0 Å². The van der Waals surface area contributed by atoms with Crippen LogP contribution in [0.3, 0.4) is 0 Å². The summed E-state index contributed by atoms with van der Waals surface area (Å²) in [4.78, 5) is 15.9. The summed E-state index contributed by atoms with van der Waals surface area (Å²) in [5.74, 6) is 0.155. The van der Waals surface area contributed by atoms with E-state index in [-0.39, 0.29) is 5.91 Å². The van der Waals surface area contributed by atoms with E-state index >= 15 is 0 Å². The van der Waals surface area contributed by atoms with Gasteiger partial charge >= 0.3 is 0 Å². The first-order chi connectivity index (χ1) is 9.06. The van der Waals surface area contributed by atoms with Gasteiger partial charge in [0.25, 0.3) is 0 Å². The van der Waals surface area contributed by atoms with Gasteiger partial charge in [0.2, 0.25) is 5.91 Å². The molecular formula is C15H20N2O2. The second-order valence-corrected chi connectivity index (χ2v) is 5.85. The standard InChI is InChI=1S/C15H20N2O2/c1-16-8-9-17(14(18)11-16)13-4-2-12(3-5-13)10-15(19)6-7-15/h2-5,19H,6-11H2,1H3. The van der Waals surface area contributed by atoms with Crippen molar-refractivity contribution < 1.29 is 9.90 Å². The van der Waals surface area contributed by atoms with Crippen molar-refractivity contribution in [3.8, 4) is 0 Å². The van der Waals surface area contributed by atoms with Crippen molar-refractivity contribution in [2.24, 2.45) is 0 Å². The Bertz CT molecular complexity index is 479. The van der Waals surface area contributed by atoms with Crippen LogP contribution in [0.15, 0.2) is 24.3 Å². The first-order valence-electron chi connectivity index (χ1n) is 6.86. The monoisotopic (exact) mass is 260 g/mol. The fraction of sp³-hybridized carbons (Fsp3) is 0.533. The van der Waals surface area contributed by atoms with Gasteiger partial charge in [-0.05, 0) is 37.6 Å². The van der Waals surface area contributed by atoms with Crippen molar-refractivity contribution in [3.63, 3.8) is 0 Å². The Morgan fingerprint density at radius 1 is 1.21 bits per heavy atom. The number of hydrogen-bond donors (Lipinski definition) is 1. The Kier molecular flexibility index (Phi) is 3.07. The van der Waals surface area contributed by atoms with Crippen LogP contribution in [0.4, 0.5) is 5.69 Å². The molecule has 0 bridgehead atoms. The molecule has 0 spiro atoms. The van der Waals surface area contributed by atoms with Crippen molar-refractivity contribution in [2.75, 3.05) is 31.6 Å². The quantitative estimate of drug-likeness (QED) is 0.883. The van der Waals surface area contributed by atoms with Gasteiger partial charge in [0.15, 0.2) is 0 Å². The number of hydrogen-bond acceptors (Lipinski definition) is 3. The van der Waals surface area contributed by atoms with E-state index in [2.05, 4.69) is 0 Å². The van der Waals surface area contributed by atoms with Gasteiger partial charge in [-0.3, -0.25) is 9.69 Å². The number of nitrogens with zero attached hydrogens (tertiary/aromatic N) is 2. The molecule has 3 rings (SSSR count). The zero-order valence-corrected chi connectivity index (χ0v) is 11.3. The molecule has 4 heteroatoms. The highest BCUT2D eigenvalue weighted by Gasteiger charge is 2.40. The zero-order valence-electron chi connectivity index (χ0n) is 11.3. The highest BCUT2D eigenvalue weighted by atomic mass is 16.3. The number of aliphatic hydroxyl groups is 1. The first kappa shape index (κ1) is 12.6. The molecule has 0 radical (unpaired) electrons. The third-order valence-electron chi connectivity index (χ3n) is 4.02. The zero-order chi connectivity index (χ0) is 13.5. The van der Waals surface area contributed by atoms with Gasteiger partial charge < -0.3 is 10.0 Å². The van der Waals surface area contributed by atoms with Crippen LogP contribution >= 0.6 is 0 Å². The number of likely N-dealkylation sites (N-methyl/N-ethyl adjacent to an activating group) is 1. The summed E-state index contributed by atoms with van der Waals surface area (Å²) >= 11 is 0. The van der Waals surface area contributed by atoms with Gasteiger partial charge in [0, 0.05) is 25.2 Å². The number of piperazine rings is 1. The average Bonchev–Trinajstić information content (AvgIpc) is 3.08. The van der Waals surface area contributed by atoms with Crippen molar-refractivity contribution in [1.29, 1.82) is 0 Å². The Morgan fingerprint density at radius 3 is 2.47 bits per heavy atom. The number of benzene rings is 1. The van der Waals surface area contributed by atoms with Crippen molar-refractivity contribution in [1.82, 2.24) is 4.90 Å². The maximum Gasteiger partial charge on any atom is 0.241 e. The van der Waals surface area contributed by atoms with Gasteiger partial charge in [0.05, 0.1) is 12.1 Å². The maximum absolute atomic E-state index is 12.0. The normalized spacial score (nSPS) is 22.6. The van der Waals surface area contributed by atoms with Crippen molar-refractivity contribution in [2.45, 2.75) is 24.9 Å². The summed E-state index contributed by atoms with van der Waals surface area (Å²) in [5, 5.41) is 9.90. The highest BCUT2D eigenvalue weighted by Crippen LogP contribution is 2.38. The lowest BCUT2D eigenvalue weighted by molar-refractivity contribution is -0.120. The predicted molar refractivity (Wildman–Crippen MR) is 74.2 cm³/mol. The van der Waals surface area contributed by atoms with Crippen molar-refractivity contribution in [3.05, 3.63) is 29.8 Å². The van der Waals surface area contributed by atoms with Gasteiger partial charge in [-0.1, -0.05) is 12.1 Å². The minimum absolute atomic E-state index is 0.155. The summed E-state index contributed by atoms with van der Waals surface area (Å²) in [6.45, 7) is 2.15. The predicted octanol–water partition coefficient (Wildman–Crippen LogP) is 1.03. The van der Waals surface area contributed by atoms with E-state index in [0.29, 0.717) is 6.54 Å². The number of amides is 1. The molecule has 102 valence electrons. The van der Waals surface area contributed by atoms with E-state index < -0.39 is 5.60 Å². The molecule has 1 saturated carbocycles. The lowest BCUT2D eigenvalue weighted by Crippen LogP contribution is -2.48. The molecule has 4 nitrogen and oxygen atoms in total. The molecule has 19 heavy (non-hydrogen) atoms. The number of rotatable bonds is 3. The first-order valence-corrected chi connectivity index (χ1v) is 6.86. The molecule has 1 aromatic carbocycles. The molecular weight excluding hydrogens is 240 g/mol. The van der Waals surface area contributed by atoms with Crippen molar-refractivity contribution >= 4 is 11.6 Å². The lowest BCUT2D eigenvalue weighted by atomic mass is 10.1. The van der Waals surface area contributed by atoms with E-state index in [1.807, 2.05) is 41.1 Å². The van der Waals surface area contributed by atoms with Gasteiger partial charge in [0.1, 0.15) is 0 Å². The second kappa shape index (κ2) is 4.62. The Labute approximate surface area is 113 Å². The van der Waals surface area contributed by atoms with Crippen LogP contribution in [0.1, 0.15) is 18.4 Å². The average molecular weight is 260 g/mol. The minimum Gasteiger partial charge on any atom is -0.390 e. The Hall–Kier alpha value is -1.39. The molecule has 0 aromatic heterocycles. The molecule has 1 saturated heterocycles. The molecule has 1 aliphatic heterocycles. The molecule has 1 N–H and O–H groups in total. The van der Waals surface area contributed by atoms with E-state index in [4.69, 9.17) is 0 Å². The summed E-state index contributed by atoms with van der Waals surface area (Å²) < 4.78 is 0. The molecule has 0 unspecified atom stereocenters. The fourth-order valence-electron chi connectivity index (χ4n) is 2.56. The van der Waals surface area contributed by atoms with E-state index in [1.165, 1.54) is 0 Å². The fourth-order valence-corrected chi connectivity index (χ4v) is 2.56. The summed E-state index contributed by atoms with van der Waals surface area (Å²) in [7, 11) is 1.97. The molecule has 1 aromatic rings. The van der Waals surface area contributed by atoms with E-state index in [0.717, 1.165) is 43.6 Å². The number of anilines is 1. The van der Waals surface area contributed by atoms with Crippen LogP contribution in [0, 0.1) is 0 Å². The van der Waals surface area contributed by atoms with Gasteiger partial charge in [-0.25, -0.2) is 0 Å². The van der Waals surface area contributed by atoms with E-state index in [1.54, 1.807) is 0 Å². The smallest absolute Gasteiger partial charge is 0.241 e. The molecule has 1 amide bonds. The number of carbonyl (C=O) groups is 1. The third-order valence-corrected chi connectivity index (χ3v) is 4.02. The minimum atomic E-state index is -0.453. The summed E-state index contributed by atoms with van der Waals surface area (Å²) in [6.07, 6.45) is 2.54. The molecule has 2 aliphatic rings. The molecule has 1 heterocycles. The van der Waals surface area contributed by atoms with E-state index in [9.17, 15) is 9.90 Å². The summed E-state index contributed by atoms with van der Waals surface area (Å²) in [5.41, 5.74) is 1.65. The Morgan fingerprint density at radius 2 is 1.89 bits per heavy atom. The van der Waals surface area contributed by atoms with Crippen LogP contribution in [0.2, 0.25) is 0 Å².